The Bertz CT molecular complexity index is 1270. The number of rotatable bonds is 5. The van der Waals surface area contributed by atoms with Crippen LogP contribution in [-0.4, -0.2) is 39.9 Å². The molecule has 2 N–H and O–H groups in total. The Balaban J connectivity index is 1.34. The fraction of sp³-hybridized carbons (Fsp3) is 0.208. The summed E-state index contributed by atoms with van der Waals surface area (Å²) in [7, 11) is 0. The number of likely N-dealkylation sites (tertiary alicyclic amines) is 1. The molecule has 2 aromatic heterocycles. The summed E-state index contributed by atoms with van der Waals surface area (Å²) in [5, 5.41) is 8.75. The molecule has 1 amide bonds. The maximum atomic E-state index is 12.5. The number of fused-ring (bicyclic) bond motifs is 1. The van der Waals surface area contributed by atoms with E-state index in [0.29, 0.717) is 40.5 Å². The first-order chi connectivity index (χ1) is 16.0. The maximum absolute atomic E-state index is 12.5. The number of para-hydroxylation sites is 1. The summed E-state index contributed by atoms with van der Waals surface area (Å²) in [4.78, 5) is 23.7. The van der Waals surface area contributed by atoms with Crippen LogP contribution in [-0.2, 0) is 0 Å². The quantitative estimate of drug-likeness (QED) is 0.364. The molecule has 1 fully saturated rings. The van der Waals surface area contributed by atoms with Crippen molar-refractivity contribution in [2.45, 2.75) is 18.9 Å². The second-order valence-electron chi connectivity index (χ2n) is 7.88. The van der Waals surface area contributed by atoms with Crippen LogP contribution in [0.1, 0.15) is 23.4 Å². The van der Waals surface area contributed by atoms with Crippen LogP contribution >= 0.6 is 23.2 Å². The molecular weight excluding hydrogens is 461 g/mol. The molecule has 9 heteroatoms. The predicted molar refractivity (Wildman–Crippen MR) is 131 cm³/mol. The van der Waals surface area contributed by atoms with Crippen LogP contribution in [0.4, 0.5) is 17.5 Å². The molecule has 168 valence electrons. The number of hydrogen-bond acceptors (Lipinski definition) is 6. The van der Waals surface area contributed by atoms with E-state index in [1.165, 1.54) is 6.26 Å². The third kappa shape index (κ3) is 4.89. The van der Waals surface area contributed by atoms with Gasteiger partial charge in [-0.2, -0.15) is 4.98 Å². The Labute approximate surface area is 200 Å². The first kappa shape index (κ1) is 21.6. The highest BCUT2D eigenvalue weighted by molar-refractivity contribution is 6.35. The topological polar surface area (TPSA) is 83.3 Å². The normalized spacial score (nSPS) is 14.4. The number of anilines is 3. The van der Waals surface area contributed by atoms with Crippen molar-refractivity contribution in [1.82, 2.24) is 14.9 Å². The van der Waals surface area contributed by atoms with Gasteiger partial charge in [0.2, 0.25) is 5.95 Å². The van der Waals surface area contributed by atoms with Gasteiger partial charge >= 0.3 is 0 Å². The van der Waals surface area contributed by atoms with Crippen LogP contribution in [0.25, 0.3) is 10.9 Å². The zero-order chi connectivity index (χ0) is 22.8. The van der Waals surface area contributed by atoms with Crippen molar-refractivity contribution < 1.29 is 9.21 Å². The lowest BCUT2D eigenvalue weighted by atomic mass is 10.0. The monoisotopic (exact) mass is 481 g/mol. The van der Waals surface area contributed by atoms with Gasteiger partial charge in [-0.05, 0) is 55.3 Å². The lowest BCUT2D eigenvalue weighted by molar-refractivity contribution is 0.0686. The smallest absolute Gasteiger partial charge is 0.289 e. The average molecular weight is 482 g/mol. The van der Waals surface area contributed by atoms with Crippen molar-refractivity contribution in [3.05, 3.63) is 76.7 Å². The van der Waals surface area contributed by atoms with E-state index < -0.39 is 0 Å². The minimum Gasteiger partial charge on any atom is -0.459 e. The number of hydrogen-bond donors (Lipinski definition) is 2. The number of nitrogens with zero attached hydrogens (tertiary/aromatic N) is 3. The number of amides is 1. The SMILES string of the molecule is O=C(c1ccco1)N1CCC(Nc2nc(Nc3cc(Cl)cc(Cl)c3)nc3ccccc23)CC1. The first-order valence-corrected chi connectivity index (χ1v) is 11.4. The van der Waals surface area contributed by atoms with Crippen molar-refractivity contribution in [2.75, 3.05) is 23.7 Å². The zero-order valence-electron chi connectivity index (χ0n) is 17.6. The number of nitrogens with one attached hydrogen (secondary N) is 2. The second kappa shape index (κ2) is 9.29. The van der Waals surface area contributed by atoms with Crippen LogP contribution in [0.15, 0.2) is 65.3 Å². The highest BCUT2D eigenvalue weighted by Crippen LogP contribution is 2.28. The minimum absolute atomic E-state index is 0.0717. The lowest BCUT2D eigenvalue weighted by Gasteiger charge is -2.32. The van der Waals surface area contributed by atoms with Gasteiger partial charge in [-0.25, -0.2) is 4.98 Å². The zero-order valence-corrected chi connectivity index (χ0v) is 19.1. The standard InChI is InChI=1S/C24H21Cl2N5O2/c25-15-12-16(26)14-18(13-15)28-24-29-20-5-2-1-4-19(20)22(30-24)27-17-7-9-31(10-8-17)23(32)21-6-3-11-33-21/h1-6,11-14,17H,7-10H2,(H2,27,28,29,30). The van der Waals surface area contributed by atoms with Gasteiger partial charge in [-0.15, -0.1) is 0 Å². The van der Waals surface area contributed by atoms with Gasteiger partial charge in [-0.1, -0.05) is 35.3 Å². The third-order valence-corrected chi connectivity index (χ3v) is 6.01. The summed E-state index contributed by atoms with van der Waals surface area (Å²) in [6, 6.07) is 16.7. The van der Waals surface area contributed by atoms with E-state index in [4.69, 9.17) is 32.6 Å². The molecule has 3 heterocycles. The number of carbonyl (C=O) groups is 1. The van der Waals surface area contributed by atoms with Crippen LogP contribution < -0.4 is 10.6 Å². The Hall–Kier alpha value is -3.29. The lowest BCUT2D eigenvalue weighted by Crippen LogP contribution is -2.42. The molecule has 0 unspecified atom stereocenters. The molecule has 0 atom stereocenters. The Morgan fingerprint density at radius 1 is 1.00 bits per heavy atom. The summed E-state index contributed by atoms with van der Waals surface area (Å²) in [5.41, 5.74) is 1.52. The van der Waals surface area contributed by atoms with E-state index in [2.05, 4.69) is 15.6 Å². The average Bonchev–Trinajstić information content (AvgIpc) is 3.33. The largest absolute Gasteiger partial charge is 0.459 e. The molecule has 4 aromatic rings. The molecule has 0 saturated carbocycles. The van der Waals surface area contributed by atoms with E-state index in [1.807, 2.05) is 29.2 Å². The minimum atomic E-state index is -0.0717. The molecule has 1 aliphatic rings. The van der Waals surface area contributed by atoms with Gasteiger partial charge in [0.1, 0.15) is 5.82 Å². The molecule has 2 aromatic carbocycles. The Kier molecular flexibility index (Phi) is 6.07. The fourth-order valence-electron chi connectivity index (χ4n) is 3.97. The number of halogens is 2. The summed E-state index contributed by atoms with van der Waals surface area (Å²) in [5.74, 6) is 1.49. The maximum Gasteiger partial charge on any atom is 0.289 e. The summed E-state index contributed by atoms with van der Waals surface area (Å²) >= 11 is 12.3. The Morgan fingerprint density at radius 3 is 2.48 bits per heavy atom. The van der Waals surface area contributed by atoms with Gasteiger partial charge in [0.15, 0.2) is 5.76 Å². The second-order valence-corrected chi connectivity index (χ2v) is 8.76. The van der Waals surface area contributed by atoms with Gasteiger partial charge in [0, 0.05) is 40.3 Å². The number of piperidine rings is 1. The highest BCUT2D eigenvalue weighted by atomic mass is 35.5. The van der Waals surface area contributed by atoms with E-state index in [9.17, 15) is 4.79 Å². The van der Waals surface area contributed by atoms with Crippen LogP contribution in [0, 0.1) is 0 Å². The van der Waals surface area contributed by atoms with Crippen LogP contribution in [0.2, 0.25) is 10.0 Å². The summed E-state index contributed by atoms with van der Waals surface area (Å²) in [6.07, 6.45) is 3.12. The third-order valence-electron chi connectivity index (χ3n) is 5.58. The number of furan rings is 1. The first-order valence-electron chi connectivity index (χ1n) is 10.6. The molecule has 0 spiro atoms. The van der Waals surface area contributed by atoms with Crippen LogP contribution in [0.5, 0.6) is 0 Å². The molecule has 0 bridgehead atoms. The van der Waals surface area contributed by atoms with Crippen LogP contribution in [0.3, 0.4) is 0 Å². The van der Waals surface area contributed by atoms with Gasteiger partial charge in [0.25, 0.3) is 5.91 Å². The number of carbonyl (C=O) groups excluding carboxylic acids is 1. The summed E-state index contributed by atoms with van der Waals surface area (Å²) in [6.45, 7) is 1.29. The van der Waals surface area contributed by atoms with Crippen molar-refractivity contribution in [3.8, 4) is 0 Å². The van der Waals surface area contributed by atoms with Gasteiger partial charge < -0.3 is 20.0 Å². The van der Waals surface area contributed by atoms with E-state index in [0.717, 1.165) is 29.6 Å². The van der Waals surface area contributed by atoms with Crippen molar-refractivity contribution >= 4 is 57.5 Å². The van der Waals surface area contributed by atoms with E-state index in [1.54, 1.807) is 30.3 Å². The van der Waals surface area contributed by atoms with Crippen molar-refractivity contribution in [3.63, 3.8) is 0 Å². The van der Waals surface area contributed by atoms with Crippen molar-refractivity contribution in [2.24, 2.45) is 0 Å². The molecule has 33 heavy (non-hydrogen) atoms. The number of aromatic nitrogens is 2. The number of benzene rings is 2. The highest BCUT2D eigenvalue weighted by Gasteiger charge is 2.25. The Morgan fingerprint density at radius 2 is 1.76 bits per heavy atom. The van der Waals surface area contributed by atoms with Gasteiger partial charge in [-0.3, -0.25) is 4.79 Å². The molecule has 1 saturated heterocycles. The molecule has 0 aliphatic carbocycles. The molecule has 7 nitrogen and oxygen atoms in total. The predicted octanol–water partition coefficient (Wildman–Crippen LogP) is 5.99. The summed E-state index contributed by atoms with van der Waals surface area (Å²) < 4.78 is 5.25. The van der Waals surface area contributed by atoms with Gasteiger partial charge in [0.05, 0.1) is 11.8 Å². The van der Waals surface area contributed by atoms with Crippen molar-refractivity contribution in [1.29, 1.82) is 0 Å². The fourth-order valence-corrected chi connectivity index (χ4v) is 4.50. The molecule has 5 rings (SSSR count). The van der Waals surface area contributed by atoms with E-state index in [-0.39, 0.29) is 11.9 Å². The van der Waals surface area contributed by atoms with E-state index >= 15 is 0 Å². The molecule has 0 radical (unpaired) electrons. The molecule has 1 aliphatic heterocycles. The molecular formula is C24H21Cl2N5O2.